The minimum absolute atomic E-state index is 0.421. The van der Waals surface area contributed by atoms with E-state index in [0.717, 1.165) is 12.0 Å². The van der Waals surface area contributed by atoms with E-state index in [4.69, 9.17) is 22.6 Å². The van der Waals surface area contributed by atoms with Gasteiger partial charge >= 0.3 is 0 Å². The highest BCUT2D eigenvalue weighted by Crippen LogP contribution is 2.19. The summed E-state index contributed by atoms with van der Waals surface area (Å²) in [7, 11) is -0.937. The molecule has 0 saturated carbocycles. The van der Waals surface area contributed by atoms with Crippen molar-refractivity contribution in [2.45, 2.75) is 12.2 Å². The Labute approximate surface area is 103 Å². The number of nitrogens with zero attached hydrogens (tertiary/aromatic N) is 1. The lowest BCUT2D eigenvalue weighted by atomic mass is 10.2. The first-order valence-electron chi connectivity index (χ1n) is 4.91. The molecule has 1 aromatic rings. The molecular weight excluding hydrogens is 244 g/mol. The van der Waals surface area contributed by atoms with E-state index in [1.807, 2.05) is 6.07 Å². The topological polar surface area (TPSA) is 66.9 Å². The number of benzene rings is 1. The Balaban J connectivity index is 2.68. The van der Waals surface area contributed by atoms with Crippen LogP contribution < -0.4 is 5.73 Å². The van der Waals surface area contributed by atoms with Crippen molar-refractivity contribution in [2.75, 3.05) is 12.3 Å². The Bertz CT molecular complexity index is 428. The quantitative estimate of drug-likeness (QED) is 0.874. The number of nitrogens with two attached hydrogens (primary N) is 1. The molecule has 0 aromatic heterocycles. The minimum Gasteiger partial charge on any atom is -0.330 e. The van der Waals surface area contributed by atoms with Gasteiger partial charge < -0.3 is 5.73 Å². The van der Waals surface area contributed by atoms with Crippen LogP contribution in [0.4, 0.5) is 0 Å². The first kappa shape index (κ1) is 13.2. The molecule has 1 rings (SSSR count). The zero-order valence-corrected chi connectivity index (χ0v) is 10.4. The van der Waals surface area contributed by atoms with Crippen LogP contribution in [0.1, 0.15) is 17.5 Å². The van der Waals surface area contributed by atoms with Crippen LogP contribution in [0.15, 0.2) is 18.2 Å². The molecular formula is C11H13ClN2OS. The summed E-state index contributed by atoms with van der Waals surface area (Å²) in [6.45, 7) is 0.548. The molecule has 0 amide bonds. The van der Waals surface area contributed by atoms with Crippen LogP contribution in [0.2, 0.25) is 5.02 Å². The molecule has 0 aliphatic rings. The third-order valence-corrected chi connectivity index (χ3v) is 3.80. The second kappa shape index (κ2) is 6.64. The molecule has 0 aliphatic carbocycles. The molecule has 0 saturated heterocycles. The smallest absolute Gasteiger partial charge is 0.0992 e. The van der Waals surface area contributed by atoms with Gasteiger partial charge in [0.05, 0.1) is 11.6 Å². The summed E-state index contributed by atoms with van der Waals surface area (Å²) in [5, 5.41) is 9.17. The highest BCUT2D eigenvalue weighted by Gasteiger charge is 2.06. The van der Waals surface area contributed by atoms with Crippen molar-refractivity contribution in [3.05, 3.63) is 34.3 Å². The molecule has 0 bridgehead atoms. The standard InChI is InChI=1S/C11H13ClN2OS/c12-11-6-9(7-14)2-3-10(11)8-16(15)5-1-4-13/h2-3,6H,1,4-5,8,13H2. The van der Waals surface area contributed by atoms with Crippen LogP contribution in [0.25, 0.3) is 0 Å². The molecule has 2 N–H and O–H groups in total. The Hall–Kier alpha value is -0.890. The van der Waals surface area contributed by atoms with E-state index < -0.39 is 10.8 Å². The largest absolute Gasteiger partial charge is 0.330 e. The SMILES string of the molecule is N#Cc1ccc(CS(=O)CCCN)c(Cl)c1. The summed E-state index contributed by atoms with van der Waals surface area (Å²) in [6.07, 6.45) is 0.751. The van der Waals surface area contributed by atoms with Crippen LogP contribution in [-0.4, -0.2) is 16.5 Å². The van der Waals surface area contributed by atoms with Crippen LogP contribution >= 0.6 is 11.6 Å². The summed E-state index contributed by atoms with van der Waals surface area (Å²) >= 11 is 5.98. The predicted molar refractivity (Wildman–Crippen MR) is 66.6 cm³/mol. The van der Waals surface area contributed by atoms with E-state index in [1.54, 1.807) is 18.2 Å². The van der Waals surface area contributed by atoms with E-state index in [1.165, 1.54) is 0 Å². The summed E-state index contributed by atoms with van der Waals surface area (Å²) in [4.78, 5) is 0. The monoisotopic (exact) mass is 256 g/mol. The van der Waals surface area contributed by atoms with Gasteiger partial charge in [-0.05, 0) is 30.7 Å². The molecule has 86 valence electrons. The lowest BCUT2D eigenvalue weighted by Crippen LogP contribution is -2.07. The van der Waals surface area contributed by atoms with E-state index >= 15 is 0 Å². The van der Waals surface area contributed by atoms with Crippen molar-refractivity contribution >= 4 is 22.4 Å². The van der Waals surface area contributed by atoms with Gasteiger partial charge in [0, 0.05) is 27.3 Å². The molecule has 3 nitrogen and oxygen atoms in total. The van der Waals surface area contributed by atoms with Gasteiger partial charge in [0.1, 0.15) is 0 Å². The number of halogens is 1. The average molecular weight is 257 g/mol. The lowest BCUT2D eigenvalue weighted by molar-refractivity contribution is 0.680. The summed E-state index contributed by atoms with van der Waals surface area (Å²) in [5.74, 6) is 1.01. The van der Waals surface area contributed by atoms with E-state index in [2.05, 4.69) is 0 Å². The van der Waals surface area contributed by atoms with Gasteiger partial charge in [-0.15, -0.1) is 0 Å². The number of hydrogen-bond donors (Lipinski definition) is 1. The van der Waals surface area contributed by atoms with Gasteiger partial charge in [-0.1, -0.05) is 17.7 Å². The Kier molecular flexibility index (Phi) is 5.47. The molecule has 0 radical (unpaired) electrons. The van der Waals surface area contributed by atoms with Crippen molar-refractivity contribution in [3.8, 4) is 6.07 Å². The van der Waals surface area contributed by atoms with Gasteiger partial charge in [-0.2, -0.15) is 5.26 Å². The Morgan fingerprint density at radius 1 is 1.50 bits per heavy atom. The molecule has 1 atom stereocenters. The third-order valence-electron chi connectivity index (χ3n) is 2.07. The Morgan fingerprint density at radius 3 is 2.81 bits per heavy atom. The molecule has 5 heteroatoms. The van der Waals surface area contributed by atoms with Gasteiger partial charge in [0.15, 0.2) is 0 Å². The fourth-order valence-electron chi connectivity index (χ4n) is 1.22. The fraction of sp³-hybridized carbons (Fsp3) is 0.364. The van der Waals surface area contributed by atoms with Crippen LogP contribution in [0.5, 0.6) is 0 Å². The normalized spacial score (nSPS) is 12.1. The molecule has 0 spiro atoms. The zero-order valence-electron chi connectivity index (χ0n) is 8.78. The first-order valence-corrected chi connectivity index (χ1v) is 6.77. The third kappa shape index (κ3) is 3.93. The molecule has 16 heavy (non-hydrogen) atoms. The maximum absolute atomic E-state index is 11.6. The molecule has 0 fully saturated rings. The second-order valence-electron chi connectivity index (χ2n) is 3.35. The number of hydrogen-bond acceptors (Lipinski definition) is 3. The second-order valence-corrected chi connectivity index (χ2v) is 5.33. The van der Waals surface area contributed by atoms with E-state index in [9.17, 15) is 4.21 Å². The van der Waals surface area contributed by atoms with Crippen LogP contribution in [0, 0.1) is 11.3 Å². The molecule has 0 aliphatic heterocycles. The van der Waals surface area contributed by atoms with Crippen molar-refractivity contribution in [3.63, 3.8) is 0 Å². The summed E-state index contributed by atoms with van der Waals surface area (Å²) < 4.78 is 11.6. The first-order chi connectivity index (χ1) is 7.67. The van der Waals surface area contributed by atoms with Crippen molar-refractivity contribution in [2.24, 2.45) is 5.73 Å². The van der Waals surface area contributed by atoms with Crippen molar-refractivity contribution < 1.29 is 4.21 Å². The fourth-order valence-corrected chi connectivity index (χ4v) is 2.78. The maximum atomic E-state index is 11.6. The van der Waals surface area contributed by atoms with Gasteiger partial charge in [0.25, 0.3) is 0 Å². The van der Waals surface area contributed by atoms with Gasteiger partial charge in [-0.25, -0.2) is 0 Å². The van der Waals surface area contributed by atoms with Crippen molar-refractivity contribution in [1.29, 1.82) is 5.26 Å². The predicted octanol–water partition coefficient (Wildman–Crippen LogP) is 1.81. The van der Waals surface area contributed by atoms with E-state index in [0.29, 0.717) is 28.6 Å². The van der Waals surface area contributed by atoms with Gasteiger partial charge in [0.2, 0.25) is 0 Å². The zero-order chi connectivity index (χ0) is 12.0. The molecule has 1 unspecified atom stereocenters. The van der Waals surface area contributed by atoms with Gasteiger partial charge in [-0.3, -0.25) is 4.21 Å². The van der Waals surface area contributed by atoms with Crippen LogP contribution in [-0.2, 0) is 16.6 Å². The summed E-state index contributed by atoms with van der Waals surface area (Å²) in [5.41, 5.74) is 6.67. The highest BCUT2D eigenvalue weighted by atomic mass is 35.5. The lowest BCUT2D eigenvalue weighted by Gasteiger charge is -2.04. The van der Waals surface area contributed by atoms with Crippen molar-refractivity contribution in [1.82, 2.24) is 0 Å². The maximum Gasteiger partial charge on any atom is 0.0992 e. The minimum atomic E-state index is -0.937. The van der Waals surface area contributed by atoms with Crippen LogP contribution in [0.3, 0.4) is 0 Å². The number of nitriles is 1. The molecule has 1 aromatic carbocycles. The molecule has 0 heterocycles. The highest BCUT2D eigenvalue weighted by molar-refractivity contribution is 7.84. The summed E-state index contributed by atoms with van der Waals surface area (Å²) in [6, 6.07) is 7.03. The Morgan fingerprint density at radius 2 is 2.25 bits per heavy atom. The van der Waals surface area contributed by atoms with E-state index in [-0.39, 0.29) is 0 Å². The number of rotatable bonds is 5. The average Bonchev–Trinajstić information content (AvgIpc) is 2.29.